The summed E-state index contributed by atoms with van der Waals surface area (Å²) in [6.07, 6.45) is 0.962. The van der Waals surface area contributed by atoms with Crippen molar-refractivity contribution in [2.75, 3.05) is 25.4 Å². The number of sulfone groups is 1. The third-order valence-electron chi connectivity index (χ3n) is 4.86. The highest BCUT2D eigenvalue weighted by Gasteiger charge is 2.36. The molecule has 0 spiro atoms. The second-order valence-corrected chi connectivity index (χ2v) is 11.7. The van der Waals surface area contributed by atoms with Crippen LogP contribution in [0.5, 0.6) is 5.75 Å². The van der Waals surface area contributed by atoms with Crippen molar-refractivity contribution in [3.05, 3.63) is 46.2 Å². The quantitative estimate of drug-likeness (QED) is 0.771. The number of fused-ring (bicyclic) bond motifs is 1. The summed E-state index contributed by atoms with van der Waals surface area (Å²) < 4.78 is 58.1. The highest BCUT2D eigenvalue weighted by Crippen LogP contribution is 2.34. The van der Waals surface area contributed by atoms with E-state index in [-0.39, 0.29) is 30.2 Å². The van der Waals surface area contributed by atoms with Crippen LogP contribution in [0.2, 0.25) is 0 Å². The van der Waals surface area contributed by atoms with E-state index in [4.69, 9.17) is 4.74 Å². The van der Waals surface area contributed by atoms with Crippen molar-refractivity contribution in [2.45, 2.75) is 23.0 Å². The van der Waals surface area contributed by atoms with Gasteiger partial charge in [0.05, 0.1) is 22.5 Å². The van der Waals surface area contributed by atoms with Crippen LogP contribution in [0.3, 0.4) is 0 Å². The molecule has 0 N–H and O–H groups in total. The van der Waals surface area contributed by atoms with E-state index >= 15 is 0 Å². The van der Waals surface area contributed by atoms with E-state index in [1.807, 2.05) is 11.4 Å². The fourth-order valence-corrected chi connectivity index (χ4v) is 8.06. The molecule has 1 fully saturated rings. The molecule has 2 aliphatic rings. The van der Waals surface area contributed by atoms with Gasteiger partial charge in [0.1, 0.15) is 5.75 Å². The van der Waals surface area contributed by atoms with Crippen LogP contribution >= 0.6 is 11.3 Å². The first-order chi connectivity index (χ1) is 12.4. The Bertz CT molecular complexity index is 1010. The van der Waals surface area contributed by atoms with E-state index in [0.29, 0.717) is 13.0 Å². The Morgan fingerprint density at radius 2 is 2.04 bits per heavy atom. The maximum absolute atomic E-state index is 13.0. The van der Waals surface area contributed by atoms with Crippen molar-refractivity contribution in [3.8, 4) is 5.75 Å². The molecule has 140 valence electrons. The monoisotopic (exact) mass is 413 g/mol. The summed E-state index contributed by atoms with van der Waals surface area (Å²) >= 11 is 1.40. The molecule has 2 aliphatic heterocycles. The van der Waals surface area contributed by atoms with Crippen LogP contribution in [0, 0.1) is 0 Å². The lowest BCUT2D eigenvalue weighted by Gasteiger charge is -2.20. The lowest BCUT2D eigenvalue weighted by molar-refractivity contribution is 0.356. The van der Waals surface area contributed by atoms with Gasteiger partial charge in [-0.25, -0.2) is 16.8 Å². The summed E-state index contributed by atoms with van der Waals surface area (Å²) in [4.78, 5) is 0.979. The highest BCUT2D eigenvalue weighted by molar-refractivity contribution is 7.92. The van der Waals surface area contributed by atoms with Gasteiger partial charge in [-0.1, -0.05) is 6.07 Å². The lowest BCUT2D eigenvalue weighted by atomic mass is 10.2. The third-order valence-corrected chi connectivity index (χ3v) is 10.00. The van der Waals surface area contributed by atoms with Gasteiger partial charge in [0, 0.05) is 24.4 Å². The van der Waals surface area contributed by atoms with Gasteiger partial charge < -0.3 is 4.74 Å². The zero-order chi connectivity index (χ0) is 18.4. The van der Waals surface area contributed by atoms with Gasteiger partial charge in [-0.15, -0.1) is 11.3 Å². The lowest BCUT2D eigenvalue weighted by Crippen LogP contribution is -2.33. The Labute approximate surface area is 157 Å². The molecule has 0 bridgehead atoms. The topological polar surface area (TPSA) is 80.8 Å². The molecule has 0 radical (unpaired) electrons. The van der Waals surface area contributed by atoms with Crippen LogP contribution in [0.1, 0.15) is 22.1 Å². The molecule has 0 saturated carbocycles. The molecule has 1 aromatic heterocycles. The van der Waals surface area contributed by atoms with Crippen LogP contribution in [0.15, 0.2) is 40.6 Å². The minimum absolute atomic E-state index is 0.0138. The smallest absolute Gasteiger partial charge is 0.243 e. The molecule has 1 unspecified atom stereocenters. The molecule has 26 heavy (non-hydrogen) atoms. The first kappa shape index (κ1) is 18.0. The Morgan fingerprint density at radius 1 is 1.19 bits per heavy atom. The molecule has 0 aliphatic carbocycles. The summed E-state index contributed by atoms with van der Waals surface area (Å²) in [5.41, 5.74) is 0.880. The molecule has 1 atom stereocenters. The molecule has 3 heterocycles. The number of benzene rings is 1. The zero-order valence-corrected chi connectivity index (χ0v) is 16.4. The number of thiophene rings is 1. The first-order valence-corrected chi connectivity index (χ1v) is 12.4. The van der Waals surface area contributed by atoms with Crippen molar-refractivity contribution in [1.29, 1.82) is 0 Å². The van der Waals surface area contributed by atoms with Crippen molar-refractivity contribution >= 4 is 31.2 Å². The maximum Gasteiger partial charge on any atom is 0.243 e. The summed E-state index contributed by atoms with van der Waals surface area (Å²) in [7, 11) is -7.12. The largest absolute Gasteiger partial charge is 0.493 e. The van der Waals surface area contributed by atoms with E-state index in [2.05, 4.69) is 0 Å². The molecule has 9 heteroatoms. The Balaban J connectivity index is 1.62. The highest BCUT2D eigenvalue weighted by atomic mass is 32.2. The summed E-state index contributed by atoms with van der Waals surface area (Å²) in [6.45, 7) is 0.737. The third kappa shape index (κ3) is 3.17. The first-order valence-electron chi connectivity index (χ1n) is 8.39. The van der Waals surface area contributed by atoms with Crippen molar-refractivity contribution in [1.82, 2.24) is 4.31 Å². The van der Waals surface area contributed by atoms with E-state index in [1.165, 1.54) is 21.7 Å². The van der Waals surface area contributed by atoms with Gasteiger partial charge in [-0.05, 0) is 41.6 Å². The Kier molecular flexibility index (Phi) is 4.58. The molecule has 1 aromatic carbocycles. The van der Waals surface area contributed by atoms with Crippen molar-refractivity contribution in [2.24, 2.45) is 0 Å². The van der Waals surface area contributed by atoms with Crippen LogP contribution in [-0.4, -0.2) is 46.6 Å². The van der Waals surface area contributed by atoms with Gasteiger partial charge >= 0.3 is 0 Å². The molecule has 4 rings (SSSR count). The van der Waals surface area contributed by atoms with Gasteiger partial charge in [-0.3, -0.25) is 0 Å². The average molecular weight is 414 g/mol. The minimum Gasteiger partial charge on any atom is -0.493 e. The Hall–Kier alpha value is -1.42. The average Bonchev–Trinajstić information content (AvgIpc) is 3.25. The number of hydrogen-bond donors (Lipinski definition) is 0. The number of sulfonamides is 1. The van der Waals surface area contributed by atoms with E-state index in [9.17, 15) is 16.8 Å². The zero-order valence-electron chi connectivity index (χ0n) is 14.0. The van der Waals surface area contributed by atoms with Crippen molar-refractivity contribution < 1.29 is 21.6 Å². The molecule has 1 saturated heterocycles. The molecular formula is C17H19NO5S3. The van der Waals surface area contributed by atoms with Gasteiger partial charge in [-0.2, -0.15) is 4.31 Å². The van der Waals surface area contributed by atoms with Crippen LogP contribution in [-0.2, 0) is 26.3 Å². The predicted molar refractivity (Wildman–Crippen MR) is 99.9 cm³/mol. The number of nitrogens with zero attached hydrogens (tertiary/aromatic N) is 1. The maximum atomic E-state index is 13.0. The summed E-state index contributed by atoms with van der Waals surface area (Å²) in [5.74, 6) is 0.559. The predicted octanol–water partition coefficient (Wildman–Crippen LogP) is 2.23. The van der Waals surface area contributed by atoms with E-state index in [0.717, 1.165) is 16.2 Å². The van der Waals surface area contributed by atoms with Crippen molar-refractivity contribution in [3.63, 3.8) is 0 Å². The SMILES string of the molecule is O=S1(=O)CCN(S(=O)(=O)c2ccc3c(c2)CCO3)CCC1c1cccs1. The van der Waals surface area contributed by atoms with Gasteiger partial charge in [0.2, 0.25) is 10.0 Å². The normalized spacial score (nSPS) is 23.2. The second-order valence-electron chi connectivity index (χ2n) is 6.43. The van der Waals surface area contributed by atoms with Crippen LogP contribution in [0.25, 0.3) is 0 Å². The van der Waals surface area contributed by atoms with Crippen LogP contribution < -0.4 is 4.74 Å². The minimum atomic E-state index is -3.73. The Morgan fingerprint density at radius 3 is 2.81 bits per heavy atom. The fraction of sp³-hybridized carbons (Fsp3) is 0.412. The van der Waals surface area contributed by atoms with Crippen LogP contribution in [0.4, 0.5) is 0 Å². The summed E-state index contributed by atoms with van der Waals surface area (Å²) in [5, 5.41) is 1.22. The van der Waals surface area contributed by atoms with Gasteiger partial charge in [0.25, 0.3) is 0 Å². The molecule has 2 aromatic rings. The molecular weight excluding hydrogens is 394 g/mol. The van der Waals surface area contributed by atoms with Gasteiger partial charge in [0.15, 0.2) is 9.84 Å². The second kappa shape index (κ2) is 6.63. The fourth-order valence-electron chi connectivity index (χ4n) is 3.43. The molecule has 6 nitrogen and oxygen atoms in total. The van der Waals surface area contributed by atoms with E-state index < -0.39 is 25.1 Å². The number of ether oxygens (including phenoxy) is 1. The number of hydrogen-bond acceptors (Lipinski definition) is 6. The molecule has 0 amide bonds. The standard InChI is InChI=1S/C17H19NO5S3/c19-25(20)11-8-18(7-5-17(25)16-2-1-10-24-16)26(21,22)14-3-4-15-13(12-14)6-9-23-15/h1-4,10,12,17H,5-9,11H2. The van der Waals surface area contributed by atoms with E-state index in [1.54, 1.807) is 18.2 Å². The number of rotatable bonds is 3. The summed E-state index contributed by atoms with van der Waals surface area (Å²) in [6, 6.07) is 8.49.